The van der Waals surface area contributed by atoms with Crippen molar-refractivity contribution < 1.29 is 0 Å². The van der Waals surface area contributed by atoms with E-state index < -0.39 is 0 Å². The average molecular weight is 553 g/mol. The lowest BCUT2D eigenvalue weighted by Crippen LogP contribution is -2.01. The first-order chi connectivity index (χ1) is 21.3. The zero-order valence-corrected chi connectivity index (χ0v) is 23.0. The molecule has 0 N–H and O–H groups in total. The molecule has 0 fully saturated rings. The summed E-state index contributed by atoms with van der Waals surface area (Å²) in [7, 11) is 0. The Hall–Kier alpha value is -6.01. The topological polar surface area (TPSA) is 69.4 Å². The molecule has 43 heavy (non-hydrogen) atoms. The SMILES string of the molecule is c1ccc(-c2nc(-c3ccccc3)nc(-c3cccc(-c4nn(-c5ccccc5)c5ccc6ccccc6c45)n3)n2)cc1. The molecule has 8 rings (SSSR count). The van der Waals surface area contributed by atoms with E-state index in [0.717, 1.165) is 49.9 Å². The van der Waals surface area contributed by atoms with Gasteiger partial charge in [-0.05, 0) is 41.1 Å². The van der Waals surface area contributed by atoms with E-state index in [0.29, 0.717) is 23.2 Å². The van der Waals surface area contributed by atoms with Gasteiger partial charge in [-0.2, -0.15) is 5.10 Å². The average Bonchev–Trinajstić information content (AvgIpc) is 3.50. The van der Waals surface area contributed by atoms with Gasteiger partial charge in [0.25, 0.3) is 0 Å². The van der Waals surface area contributed by atoms with Crippen LogP contribution in [0.15, 0.2) is 146 Å². The Morgan fingerprint density at radius 2 is 1.00 bits per heavy atom. The van der Waals surface area contributed by atoms with Crippen LogP contribution in [-0.2, 0) is 0 Å². The van der Waals surface area contributed by atoms with Gasteiger partial charge in [-0.25, -0.2) is 24.6 Å². The summed E-state index contributed by atoms with van der Waals surface area (Å²) in [5.41, 5.74) is 6.04. The highest BCUT2D eigenvalue weighted by atomic mass is 15.3. The predicted molar refractivity (Wildman–Crippen MR) is 171 cm³/mol. The summed E-state index contributed by atoms with van der Waals surface area (Å²) in [6.45, 7) is 0. The largest absolute Gasteiger partial charge is 0.243 e. The number of aromatic nitrogens is 6. The van der Waals surface area contributed by atoms with Gasteiger partial charge in [0.2, 0.25) is 0 Å². The maximum atomic E-state index is 5.15. The minimum absolute atomic E-state index is 0.506. The highest BCUT2D eigenvalue weighted by Crippen LogP contribution is 2.35. The summed E-state index contributed by atoms with van der Waals surface area (Å²) in [4.78, 5) is 19.7. The fourth-order valence-corrected chi connectivity index (χ4v) is 5.45. The fourth-order valence-electron chi connectivity index (χ4n) is 5.45. The smallest absolute Gasteiger partial charge is 0.182 e. The zero-order chi connectivity index (χ0) is 28.6. The van der Waals surface area contributed by atoms with Crippen molar-refractivity contribution in [2.45, 2.75) is 0 Å². The molecule has 0 aliphatic heterocycles. The highest BCUT2D eigenvalue weighted by molar-refractivity contribution is 6.12. The molecule has 0 radical (unpaired) electrons. The van der Waals surface area contributed by atoms with Crippen LogP contribution in [0.1, 0.15) is 0 Å². The van der Waals surface area contributed by atoms with E-state index in [1.807, 2.05) is 102 Å². The van der Waals surface area contributed by atoms with E-state index in [9.17, 15) is 0 Å². The Bertz CT molecular complexity index is 2170. The van der Waals surface area contributed by atoms with Crippen molar-refractivity contribution in [1.82, 2.24) is 29.7 Å². The molecule has 0 aliphatic rings. The molecule has 8 aromatic rings. The molecule has 5 aromatic carbocycles. The number of hydrogen-bond donors (Lipinski definition) is 0. The fraction of sp³-hybridized carbons (Fsp3) is 0. The van der Waals surface area contributed by atoms with Crippen molar-refractivity contribution >= 4 is 21.7 Å². The van der Waals surface area contributed by atoms with E-state index in [4.69, 9.17) is 25.0 Å². The van der Waals surface area contributed by atoms with Crippen molar-refractivity contribution in [1.29, 1.82) is 0 Å². The van der Waals surface area contributed by atoms with Crippen LogP contribution in [0.3, 0.4) is 0 Å². The summed E-state index contributed by atoms with van der Waals surface area (Å²) >= 11 is 0. The van der Waals surface area contributed by atoms with Gasteiger partial charge in [0.05, 0.1) is 16.9 Å². The van der Waals surface area contributed by atoms with Gasteiger partial charge >= 0.3 is 0 Å². The van der Waals surface area contributed by atoms with E-state index in [2.05, 4.69) is 48.5 Å². The molecule has 0 bridgehead atoms. The second-order valence-electron chi connectivity index (χ2n) is 10.2. The summed E-state index contributed by atoms with van der Waals surface area (Å²) < 4.78 is 2.00. The van der Waals surface area contributed by atoms with Crippen molar-refractivity contribution in [2.24, 2.45) is 0 Å². The lowest BCUT2D eigenvalue weighted by atomic mass is 10.0. The number of pyridine rings is 1. The molecule has 0 unspecified atom stereocenters. The number of benzene rings is 5. The monoisotopic (exact) mass is 552 g/mol. The van der Waals surface area contributed by atoms with Crippen LogP contribution in [-0.4, -0.2) is 29.7 Å². The van der Waals surface area contributed by atoms with Crippen LogP contribution in [0.4, 0.5) is 0 Å². The third kappa shape index (κ3) is 4.51. The summed E-state index contributed by atoms with van der Waals surface area (Å²) in [6.07, 6.45) is 0. The molecule has 3 aromatic heterocycles. The second kappa shape index (κ2) is 10.4. The molecular weight excluding hydrogens is 528 g/mol. The Kier molecular flexibility index (Phi) is 6.01. The van der Waals surface area contributed by atoms with Crippen molar-refractivity contribution in [2.75, 3.05) is 0 Å². The molecule has 0 amide bonds. The number of rotatable bonds is 5. The standard InChI is InChI=1S/C37H24N6/c1-4-14-26(15-5-1)35-39-36(27-16-6-2-7-17-27)41-37(40-35)31-22-12-21-30(38-31)34-33-29-20-11-10-13-25(29)23-24-32(33)43(42-34)28-18-8-3-9-19-28/h1-24H. The molecule has 6 nitrogen and oxygen atoms in total. The lowest BCUT2D eigenvalue weighted by molar-refractivity contribution is 0.912. The summed E-state index contributed by atoms with van der Waals surface area (Å²) in [5.74, 6) is 1.70. The van der Waals surface area contributed by atoms with Crippen molar-refractivity contribution in [3.8, 4) is 51.4 Å². The third-order valence-electron chi connectivity index (χ3n) is 7.49. The van der Waals surface area contributed by atoms with Gasteiger partial charge in [-0.1, -0.05) is 115 Å². The van der Waals surface area contributed by atoms with E-state index >= 15 is 0 Å². The van der Waals surface area contributed by atoms with Gasteiger partial charge in [-0.3, -0.25) is 0 Å². The van der Waals surface area contributed by atoms with Gasteiger partial charge in [-0.15, -0.1) is 0 Å². The molecular formula is C37H24N6. The molecule has 3 heterocycles. The van der Waals surface area contributed by atoms with Crippen LogP contribution in [0.2, 0.25) is 0 Å². The van der Waals surface area contributed by atoms with E-state index in [1.165, 1.54) is 0 Å². The first kappa shape index (κ1) is 24.8. The van der Waals surface area contributed by atoms with E-state index in [-0.39, 0.29) is 0 Å². The number of para-hydroxylation sites is 1. The maximum Gasteiger partial charge on any atom is 0.182 e. The second-order valence-corrected chi connectivity index (χ2v) is 10.2. The normalized spacial score (nSPS) is 11.3. The Labute approximate surface area is 248 Å². The molecule has 0 spiro atoms. The van der Waals surface area contributed by atoms with Crippen molar-refractivity contribution in [3.63, 3.8) is 0 Å². The minimum atomic E-state index is 0.506. The van der Waals surface area contributed by atoms with Gasteiger partial charge < -0.3 is 0 Å². The zero-order valence-electron chi connectivity index (χ0n) is 23.0. The summed E-state index contributed by atoms with van der Waals surface area (Å²) in [6, 6.07) is 48.7. The Morgan fingerprint density at radius 1 is 0.419 bits per heavy atom. The number of fused-ring (bicyclic) bond motifs is 3. The minimum Gasteiger partial charge on any atom is -0.243 e. The first-order valence-corrected chi connectivity index (χ1v) is 14.1. The van der Waals surface area contributed by atoms with Crippen LogP contribution in [0.5, 0.6) is 0 Å². The molecule has 0 aliphatic carbocycles. The molecule has 0 saturated carbocycles. The molecule has 0 saturated heterocycles. The van der Waals surface area contributed by atoms with Gasteiger partial charge in [0, 0.05) is 16.5 Å². The van der Waals surface area contributed by atoms with Crippen LogP contribution in [0.25, 0.3) is 73.0 Å². The van der Waals surface area contributed by atoms with E-state index in [1.54, 1.807) is 0 Å². The molecule has 202 valence electrons. The van der Waals surface area contributed by atoms with Crippen LogP contribution in [0, 0.1) is 0 Å². The summed E-state index contributed by atoms with van der Waals surface area (Å²) in [5, 5.41) is 8.48. The maximum absolute atomic E-state index is 5.15. The quantitative estimate of drug-likeness (QED) is 0.214. The first-order valence-electron chi connectivity index (χ1n) is 14.1. The Balaban J connectivity index is 1.34. The molecule has 6 heteroatoms. The molecule has 0 atom stereocenters. The Morgan fingerprint density at radius 3 is 1.70 bits per heavy atom. The lowest BCUT2D eigenvalue weighted by Gasteiger charge is -2.08. The number of nitrogens with zero attached hydrogens (tertiary/aromatic N) is 6. The van der Waals surface area contributed by atoms with Crippen LogP contribution >= 0.6 is 0 Å². The number of hydrogen-bond acceptors (Lipinski definition) is 5. The third-order valence-corrected chi connectivity index (χ3v) is 7.49. The van der Waals surface area contributed by atoms with Crippen molar-refractivity contribution in [3.05, 3.63) is 146 Å². The van der Waals surface area contributed by atoms with Gasteiger partial charge in [0.1, 0.15) is 11.4 Å². The highest BCUT2D eigenvalue weighted by Gasteiger charge is 2.19. The van der Waals surface area contributed by atoms with Crippen LogP contribution < -0.4 is 0 Å². The predicted octanol–water partition coefficient (Wildman–Crippen LogP) is 8.43. The van der Waals surface area contributed by atoms with Gasteiger partial charge in [0.15, 0.2) is 17.5 Å².